The molecular weight excluding hydrogens is 294 g/mol. The van der Waals surface area contributed by atoms with Crippen molar-refractivity contribution in [2.45, 2.75) is 52.1 Å². The van der Waals surface area contributed by atoms with Gasteiger partial charge in [-0.05, 0) is 63.4 Å². The third-order valence-electron chi connectivity index (χ3n) is 2.97. The molecule has 0 bridgehead atoms. The SMILES string of the molecule is CC(C)(C)OC(=O)c1ccc(OCCCCCCN=[N+]=[N-])cc1. The van der Waals surface area contributed by atoms with Crippen LogP contribution >= 0.6 is 0 Å². The molecule has 126 valence electrons. The van der Waals surface area contributed by atoms with E-state index >= 15 is 0 Å². The molecule has 0 amide bonds. The van der Waals surface area contributed by atoms with Crippen molar-refractivity contribution < 1.29 is 14.3 Å². The van der Waals surface area contributed by atoms with Gasteiger partial charge in [0.1, 0.15) is 11.4 Å². The van der Waals surface area contributed by atoms with E-state index in [0.29, 0.717) is 18.7 Å². The average Bonchev–Trinajstić information content (AvgIpc) is 2.49. The molecule has 1 aromatic rings. The van der Waals surface area contributed by atoms with E-state index in [4.69, 9.17) is 15.0 Å². The van der Waals surface area contributed by atoms with Crippen LogP contribution in [0.1, 0.15) is 56.8 Å². The zero-order valence-corrected chi connectivity index (χ0v) is 14.1. The van der Waals surface area contributed by atoms with Gasteiger partial charge < -0.3 is 9.47 Å². The summed E-state index contributed by atoms with van der Waals surface area (Å²) in [6.45, 7) is 6.72. The van der Waals surface area contributed by atoms with Gasteiger partial charge in [0.2, 0.25) is 0 Å². The molecule has 0 atom stereocenters. The fourth-order valence-corrected chi connectivity index (χ4v) is 1.90. The van der Waals surface area contributed by atoms with Gasteiger partial charge in [0.05, 0.1) is 12.2 Å². The average molecular weight is 319 g/mol. The van der Waals surface area contributed by atoms with Crippen molar-refractivity contribution in [3.05, 3.63) is 40.3 Å². The number of benzene rings is 1. The minimum Gasteiger partial charge on any atom is -0.494 e. The van der Waals surface area contributed by atoms with Gasteiger partial charge in [-0.15, -0.1) is 0 Å². The summed E-state index contributed by atoms with van der Waals surface area (Å²) in [5.74, 6) is 0.412. The lowest BCUT2D eigenvalue weighted by Gasteiger charge is -2.19. The lowest BCUT2D eigenvalue weighted by atomic mass is 10.1. The molecular formula is C17H25N3O3. The first-order chi connectivity index (χ1) is 10.9. The second-order valence-corrected chi connectivity index (χ2v) is 6.24. The van der Waals surface area contributed by atoms with Crippen LogP contribution in [0.15, 0.2) is 29.4 Å². The minimum absolute atomic E-state index is 0.330. The zero-order chi connectivity index (χ0) is 17.1. The molecule has 0 aliphatic rings. The number of esters is 1. The summed E-state index contributed by atoms with van der Waals surface area (Å²) in [4.78, 5) is 14.6. The van der Waals surface area contributed by atoms with Crippen LogP contribution in [0.5, 0.6) is 5.75 Å². The second kappa shape index (κ2) is 9.74. The molecule has 0 spiro atoms. The largest absolute Gasteiger partial charge is 0.494 e. The highest BCUT2D eigenvalue weighted by molar-refractivity contribution is 5.89. The first-order valence-electron chi connectivity index (χ1n) is 7.89. The van der Waals surface area contributed by atoms with Gasteiger partial charge in [-0.1, -0.05) is 18.0 Å². The van der Waals surface area contributed by atoms with Crippen LogP contribution < -0.4 is 4.74 Å². The van der Waals surface area contributed by atoms with Gasteiger partial charge >= 0.3 is 5.97 Å². The summed E-state index contributed by atoms with van der Waals surface area (Å²) in [6.07, 6.45) is 3.93. The highest BCUT2D eigenvalue weighted by Crippen LogP contribution is 2.16. The molecule has 0 saturated heterocycles. The summed E-state index contributed by atoms with van der Waals surface area (Å²) in [5, 5.41) is 3.49. The predicted octanol–water partition coefficient (Wildman–Crippen LogP) is 4.89. The summed E-state index contributed by atoms with van der Waals surface area (Å²) < 4.78 is 10.9. The molecule has 0 radical (unpaired) electrons. The van der Waals surface area contributed by atoms with Crippen molar-refractivity contribution in [3.8, 4) is 5.75 Å². The number of nitrogens with zero attached hydrogens (tertiary/aromatic N) is 3. The van der Waals surface area contributed by atoms with Crippen LogP contribution in [0.2, 0.25) is 0 Å². The van der Waals surface area contributed by atoms with Crippen LogP contribution in [0.4, 0.5) is 0 Å². The lowest BCUT2D eigenvalue weighted by molar-refractivity contribution is 0.00695. The monoisotopic (exact) mass is 319 g/mol. The van der Waals surface area contributed by atoms with E-state index in [9.17, 15) is 4.79 Å². The molecule has 1 aromatic carbocycles. The molecule has 6 nitrogen and oxygen atoms in total. The van der Waals surface area contributed by atoms with Gasteiger partial charge in [-0.25, -0.2) is 4.79 Å². The van der Waals surface area contributed by atoms with Crippen molar-refractivity contribution in [2.24, 2.45) is 5.11 Å². The topological polar surface area (TPSA) is 84.3 Å². The number of hydrogen-bond acceptors (Lipinski definition) is 4. The molecule has 0 aliphatic heterocycles. The number of ether oxygens (including phenoxy) is 2. The maximum absolute atomic E-state index is 11.9. The number of carbonyl (C=O) groups excluding carboxylic acids is 1. The third-order valence-corrected chi connectivity index (χ3v) is 2.97. The highest BCUT2D eigenvalue weighted by atomic mass is 16.6. The Balaban J connectivity index is 2.26. The van der Waals surface area contributed by atoms with Crippen molar-refractivity contribution in [1.82, 2.24) is 0 Å². The van der Waals surface area contributed by atoms with Crippen LogP contribution in [-0.4, -0.2) is 24.7 Å². The van der Waals surface area contributed by atoms with Gasteiger partial charge in [0.25, 0.3) is 0 Å². The standard InChI is InChI=1S/C17H25N3O3/c1-17(2,3)23-16(21)14-8-10-15(11-9-14)22-13-7-5-4-6-12-19-20-18/h8-11H,4-7,12-13H2,1-3H3. The normalized spacial score (nSPS) is 10.7. The Labute approximate surface area is 137 Å². The molecule has 23 heavy (non-hydrogen) atoms. The Hall–Kier alpha value is -2.20. The fourth-order valence-electron chi connectivity index (χ4n) is 1.90. The number of rotatable bonds is 9. The summed E-state index contributed by atoms with van der Waals surface area (Å²) in [7, 11) is 0. The van der Waals surface area contributed by atoms with E-state index in [2.05, 4.69) is 10.0 Å². The zero-order valence-electron chi connectivity index (χ0n) is 14.1. The Bertz CT molecular complexity index is 529. The molecule has 0 aliphatic carbocycles. The maximum Gasteiger partial charge on any atom is 0.338 e. The van der Waals surface area contributed by atoms with E-state index in [-0.39, 0.29) is 5.97 Å². The van der Waals surface area contributed by atoms with Crippen molar-refractivity contribution in [2.75, 3.05) is 13.2 Å². The third kappa shape index (κ3) is 8.73. The molecule has 0 saturated carbocycles. The quantitative estimate of drug-likeness (QED) is 0.213. The van der Waals surface area contributed by atoms with Crippen molar-refractivity contribution >= 4 is 5.97 Å². The Kier molecular flexibility index (Phi) is 7.98. The van der Waals surface area contributed by atoms with Gasteiger partial charge in [-0.3, -0.25) is 0 Å². The number of hydrogen-bond donors (Lipinski definition) is 0. The summed E-state index contributed by atoms with van der Waals surface area (Å²) in [6, 6.07) is 6.98. The predicted molar refractivity (Wildman–Crippen MR) is 89.6 cm³/mol. The first kappa shape index (κ1) is 18.8. The number of carbonyl (C=O) groups is 1. The molecule has 0 N–H and O–H groups in total. The van der Waals surface area contributed by atoms with E-state index in [1.165, 1.54) is 0 Å². The van der Waals surface area contributed by atoms with Crippen LogP contribution in [0.25, 0.3) is 10.4 Å². The van der Waals surface area contributed by atoms with Gasteiger partial charge in [0.15, 0.2) is 0 Å². The van der Waals surface area contributed by atoms with Crippen molar-refractivity contribution in [3.63, 3.8) is 0 Å². The van der Waals surface area contributed by atoms with Crippen molar-refractivity contribution in [1.29, 1.82) is 0 Å². The summed E-state index contributed by atoms with van der Waals surface area (Å²) in [5.41, 5.74) is 8.18. The van der Waals surface area contributed by atoms with Gasteiger partial charge in [0, 0.05) is 11.5 Å². The Morgan fingerprint density at radius 3 is 2.39 bits per heavy atom. The summed E-state index contributed by atoms with van der Waals surface area (Å²) >= 11 is 0. The number of azide groups is 1. The van der Waals surface area contributed by atoms with Crippen LogP contribution in [0.3, 0.4) is 0 Å². The Morgan fingerprint density at radius 1 is 1.13 bits per heavy atom. The second-order valence-electron chi connectivity index (χ2n) is 6.24. The lowest BCUT2D eigenvalue weighted by Crippen LogP contribution is -2.23. The molecule has 6 heteroatoms. The minimum atomic E-state index is -0.495. The molecule has 0 unspecified atom stereocenters. The first-order valence-corrected chi connectivity index (χ1v) is 7.89. The number of unbranched alkanes of at least 4 members (excludes halogenated alkanes) is 3. The van der Waals surface area contributed by atoms with E-state index in [0.717, 1.165) is 31.4 Å². The van der Waals surface area contributed by atoms with E-state index in [1.807, 2.05) is 20.8 Å². The van der Waals surface area contributed by atoms with E-state index in [1.54, 1.807) is 24.3 Å². The van der Waals surface area contributed by atoms with Gasteiger partial charge in [-0.2, -0.15) is 0 Å². The smallest absolute Gasteiger partial charge is 0.338 e. The highest BCUT2D eigenvalue weighted by Gasteiger charge is 2.17. The van der Waals surface area contributed by atoms with Crippen LogP contribution in [0, 0.1) is 0 Å². The Morgan fingerprint density at radius 2 is 1.78 bits per heavy atom. The maximum atomic E-state index is 11.9. The van der Waals surface area contributed by atoms with Crippen LogP contribution in [-0.2, 0) is 4.74 Å². The molecule has 0 fully saturated rings. The fraction of sp³-hybridized carbons (Fsp3) is 0.588. The molecule has 0 heterocycles. The molecule has 1 rings (SSSR count). The van der Waals surface area contributed by atoms with E-state index < -0.39 is 5.60 Å². The molecule has 0 aromatic heterocycles.